The van der Waals surface area contributed by atoms with Crippen molar-refractivity contribution in [2.45, 2.75) is 38.5 Å². The van der Waals surface area contributed by atoms with Gasteiger partial charge in [-0.3, -0.25) is 0 Å². The fourth-order valence-electron chi connectivity index (χ4n) is 2.49. The summed E-state index contributed by atoms with van der Waals surface area (Å²) >= 11 is 5.93. The van der Waals surface area contributed by atoms with Crippen LogP contribution >= 0.6 is 11.6 Å². The van der Waals surface area contributed by atoms with E-state index in [-0.39, 0.29) is 0 Å². The largest absolute Gasteiger partial charge is 0.385 e. The zero-order chi connectivity index (χ0) is 11.2. The Morgan fingerprint density at radius 1 is 1.19 bits per heavy atom. The monoisotopic (exact) mass is 237 g/mol. The number of benzene rings is 1. The topological polar surface area (TPSA) is 12.0 Å². The molecule has 0 aliphatic heterocycles. The minimum atomic E-state index is 0.808. The second-order valence-corrected chi connectivity index (χ2v) is 5.17. The van der Waals surface area contributed by atoms with Crippen molar-refractivity contribution in [1.29, 1.82) is 0 Å². The summed E-state index contributed by atoms with van der Waals surface area (Å²) in [5, 5.41) is 4.26. The molecule has 2 heteroatoms. The van der Waals surface area contributed by atoms with Crippen LogP contribution in [0.3, 0.4) is 0 Å². The Bertz CT molecular complexity index is 318. The van der Waals surface area contributed by atoms with Gasteiger partial charge in [0.1, 0.15) is 0 Å². The molecule has 1 aromatic carbocycles. The lowest BCUT2D eigenvalue weighted by molar-refractivity contribution is 0.345. The summed E-state index contributed by atoms with van der Waals surface area (Å²) < 4.78 is 0. The van der Waals surface area contributed by atoms with E-state index < -0.39 is 0 Å². The summed E-state index contributed by atoms with van der Waals surface area (Å²) in [7, 11) is 0. The van der Waals surface area contributed by atoms with Crippen molar-refractivity contribution in [3.8, 4) is 0 Å². The smallest absolute Gasteiger partial charge is 0.0426 e. The Kier molecular flexibility index (Phi) is 4.53. The number of hydrogen-bond donors (Lipinski definition) is 1. The van der Waals surface area contributed by atoms with E-state index in [2.05, 4.69) is 11.4 Å². The number of hydrogen-bond acceptors (Lipinski definition) is 1. The first-order chi connectivity index (χ1) is 7.84. The standard InChI is InChI=1S/C14H20ClN/c15-13-7-4-8-14(11-13)16-10-9-12-5-2-1-3-6-12/h4,7-8,11-12,16H,1-3,5-6,9-10H2. The summed E-state index contributed by atoms with van der Waals surface area (Å²) in [5.41, 5.74) is 1.14. The average molecular weight is 238 g/mol. The molecule has 0 heterocycles. The fourth-order valence-corrected chi connectivity index (χ4v) is 2.69. The van der Waals surface area contributed by atoms with Crippen LogP contribution in [0.5, 0.6) is 0 Å². The molecule has 1 aromatic rings. The van der Waals surface area contributed by atoms with Crippen molar-refractivity contribution in [3.05, 3.63) is 29.3 Å². The highest BCUT2D eigenvalue weighted by atomic mass is 35.5. The first-order valence-electron chi connectivity index (χ1n) is 6.34. The van der Waals surface area contributed by atoms with E-state index in [4.69, 9.17) is 11.6 Å². The maximum Gasteiger partial charge on any atom is 0.0426 e. The van der Waals surface area contributed by atoms with Crippen LogP contribution < -0.4 is 5.32 Å². The van der Waals surface area contributed by atoms with Gasteiger partial charge in [-0.25, -0.2) is 0 Å². The molecule has 0 atom stereocenters. The van der Waals surface area contributed by atoms with Gasteiger partial charge in [0.15, 0.2) is 0 Å². The van der Waals surface area contributed by atoms with E-state index in [0.717, 1.165) is 23.2 Å². The first-order valence-corrected chi connectivity index (χ1v) is 6.72. The summed E-state index contributed by atoms with van der Waals surface area (Å²) in [6.45, 7) is 1.07. The predicted molar refractivity (Wildman–Crippen MR) is 71.1 cm³/mol. The molecule has 1 aliphatic rings. The van der Waals surface area contributed by atoms with E-state index in [1.54, 1.807) is 0 Å². The lowest BCUT2D eigenvalue weighted by Crippen LogP contribution is -2.12. The van der Waals surface area contributed by atoms with Crippen LogP contribution in [0.25, 0.3) is 0 Å². The van der Waals surface area contributed by atoms with Crippen molar-refractivity contribution >= 4 is 17.3 Å². The lowest BCUT2D eigenvalue weighted by atomic mass is 9.87. The number of anilines is 1. The van der Waals surface area contributed by atoms with Gasteiger partial charge >= 0.3 is 0 Å². The van der Waals surface area contributed by atoms with Gasteiger partial charge in [0.05, 0.1) is 0 Å². The van der Waals surface area contributed by atoms with E-state index >= 15 is 0 Å². The van der Waals surface area contributed by atoms with E-state index in [0.29, 0.717) is 0 Å². The molecule has 1 saturated carbocycles. The van der Waals surface area contributed by atoms with Gasteiger partial charge in [0.25, 0.3) is 0 Å². The molecule has 0 amide bonds. The Labute approximate surface area is 103 Å². The van der Waals surface area contributed by atoms with Crippen LogP contribution in [-0.4, -0.2) is 6.54 Å². The lowest BCUT2D eigenvalue weighted by Gasteiger charge is -2.21. The SMILES string of the molecule is Clc1cccc(NCCC2CCCCC2)c1. The minimum absolute atomic E-state index is 0.808. The summed E-state index contributed by atoms with van der Waals surface area (Å²) in [6.07, 6.45) is 8.46. The van der Waals surface area contributed by atoms with Gasteiger partial charge in [-0.15, -0.1) is 0 Å². The van der Waals surface area contributed by atoms with Crippen LogP contribution in [0.1, 0.15) is 38.5 Å². The van der Waals surface area contributed by atoms with Gasteiger partial charge in [0, 0.05) is 17.3 Å². The molecule has 0 bridgehead atoms. The third-order valence-electron chi connectivity index (χ3n) is 3.43. The predicted octanol–water partition coefficient (Wildman–Crippen LogP) is 4.72. The van der Waals surface area contributed by atoms with Crippen molar-refractivity contribution in [1.82, 2.24) is 0 Å². The van der Waals surface area contributed by atoms with E-state index in [1.807, 2.05) is 18.2 Å². The highest BCUT2D eigenvalue weighted by Crippen LogP contribution is 2.26. The van der Waals surface area contributed by atoms with E-state index in [9.17, 15) is 0 Å². The molecule has 0 spiro atoms. The van der Waals surface area contributed by atoms with Crippen LogP contribution in [0.2, 0.25) is 5.02 Å². The Hall–Kier alpha value is -0.690. The molecular formula is C14H20ClN. The zero-order valence-corrected chi connectivity index (χ0v) is 10.5. The summed E-state index contributed by atoms with van der Waals surface area (Å²) in [6, 6.07) is 7.97. The summed E-state index contributed by atoms with van der Waals surface area (Å²) in [4.78, 5) is 0. The molecule has 0 unspecified atom stereocenters. The average Bonchev–Trinajstić information content (AvgIpc) is 2.30. The van der Waals surface area contributed by atoms with Crippen molar-refractivity contribution in [2.75, 3.05) is 11.9 Å². The first kappa shape index (κ1) is 11.8. The van der Waals surface area contributed by atoms with Gasteiger partial charge in [0.2, 0.25) is 0 Å². The maximum absolute atomic E-state index is 5.93. The highest BCUT2D eigenvalue weighted by Gasteiger charge is 2.12. The van der Waals surface area contributed by atoms with Crippen LogP contribution in [0.15, 0.2) is 24.3 Å². The van der Waals surface area contributed by atoms with Crippen LogP contribution in [-0.2, 0) is 0 Å². The summed E-state index contributed by atoms with van der Waals surface area (Å²) in [5.74, 6) is 0.945. The Balaban J connectivity index is 1.71. The molecule has 1 nitrogen and oxygen atoms in total. The third kappa shape index (κ3) is 3.71. The molecule has 0 aromatic heterocycles. The second-order valence-electron chi connectivity index (χ2n) is 4.73. The van der Waals surface area contributed by atoms with Crippen LogP contribution in [0, 0.1) is 5.92 Å². The highest BCUT2D eigenvalue weighted by molar-refractivity contribution is 6.30. The second kappa shape index (κ2) is 6.15. The van der Waals surface area contributed by atoms with E-state index in [1.165, 1.54) is 38.5 Å². The molecule has 2 rings (SSSR count). The van der Waals surface area contributed by atoms with Gasteiger partial charge < -0.3 is 5.32 Å². The number of nitrogens with one attached hydrogen (secondary N) is 1. The molecule has 88 valence electrons. The fraction of sp³-hybridized carbons (Fsp3) is 0.571. The normalized spacial score (nSPS) is 17.3. The Morgan fingerprint density at radius 3 is 2.75 bits per heavy atom. The number of halogens is 1. The third-order valence-corrected chi connectivity index (χ3v) is 3.67. The molecule has 16 heavy (non-hydrogen) atoms. The molecule has 1 aliphatic carbocycles. The molecule has 1 fully saturated rings. The van der Waals surface area contributed by atoms with Gasteiger partial charge in [-0.2, -0.15) is 0 Å². The van der Waals surface area contributed by atoms with Crippen molar-refractivity contribution < 1.29 is 0 Å². The quantitative estimate of drug-likeness (QED) is 0.799. The molecule has 1 N–H and O–H groups in total. The number of rotatable bonds is 4. The molecular weight excluding hydrogens is 218 g/mol. The van der Waals surface area contributed by atoms with Gasteiger partial charge in [-0.1, -0.05) is 49.8 Å². The molecule has 0 saturated heterocycles. The minimum Gasteiger partial charge on any atom is -0.385 e. The molecule has 0 radical (unpaired) electrons. The maximum atomic E-state index is 5.93. The van der Waals surface area contributed by atoms with Crippen LogP contribution in [0.4, 0.5) is 5.69 Å². The van der Waals surface area contributed by atoms with Crippen molar-refractivity contribution in [2.24, 2.45) is 5.92 Å². The van der Waals surface area contributed by atoms with Gasteiger partial charge in [-0.05, 0) is 30.5 Å². The van der Waals surface area contributed by atoms with Crippen molar-refractivity contribution in [3.63, 3.8) is 0 Å². The Morgan fingerprint density at radius 2 is 2.00 bits per heavy atom. The zero-order valence-electron chi connectivity index (χ0n) is 9.71.